The molecule has 0 saturated heterocycles. The molecule has 0 spiro atoms. The van der Waals surface area contributed by atoms with Crippen molar-refractivity contribution in [1.29, 1.82) is 0 Å². The molecule has 29 heavy (non-hydrogen) atoms. The summed E-state index contributed by atoms with van der Waals surface area (Å²) in [6.07, 6.45) is 1.49. The minimum atomic E-state index is 0.0797. The number of benzene rings is 2. The summed E-state index contributed by atoms with van der Waals surface area (Å²) in [5, 5.41) is 10.4. The van der Waals surface area contributed by atoms with Gasteiger partial charge in [-0.3, -0.25) is 4.79 Å². The molecule has 1 aromatic heterocycles. The third kappa shape index (κ3) is 5.98. The van der Waals surface area contributed by atoms with Gasteiger partial charge in [0.1, 0.15) is 11.6 Å². The highest BCUT2D eigenvalue weighted by Gasteiger charge is 2.14. The topological polar surface area (TPSA) is 57.0 Å². The Morgan fingerprint density at radius 1 is 1.14 bits per heavy atom. The van der Waals surface area contributed by atoms with E-state index >= 15 is 0 Å². The molecule has 152 valence electrons. The summed E-state index contributed by atoms with van der Waals surface area (Å²) in [5.74, 6) is 1.91. The molecule has 0 radical (unpaired) electrons. The molecule has 0 fully saturated rings. The van der Waals surface area contributed by atoms with Crippen molar-refractivity contribution in [2.24, 2.45) is 0 Å². The molecule has 0 bridgehead atoms. The number of aromatic nitrogens is 3. The Hall–Kier alpha value is -2.02. The van der Waals surface area contributed by atoms with Gasteiger partial charge in [0.25, 0.3) is 0 Å². The molecule has 0 aliphatic rings. The fourth-order valence-electron chi connectivity index (χ4n) is 2.77. The highest BCUT2D eigenvalue weighted by Crippen LogP contribution is 2.27. The Bertz CT molecular complexity index is 964. The molecule has 3 rings (SSSR count). The van der Waals surface area contributed by atoms with E-state index < -0.39 is 0 Å². The van der Waals surface area contributed by atoms with Crippen molar-refractivity contribution in [3.05, 3.63) is 70.0 Å². The number of Topliss-reactive ketones (excluding diaryl/α,β-unsaturated/α-hetero) is 1. The van der Waals surface area contributed by atoms with E-state index in [-0.39, 0.29) is 5.78 Å². The van der Waals surface area contributed by atoms with Crippen molar-refractivity contribution in [3.8, 4) is 5.75 Å². The maximum atomic E-state index is 12.3. The SMILES string of the molecule is CCn1c(CCCOc2ccc(Cl)cc2Cl)nnc1SCC(=O)c1ccccc1. The van der Waals surface area contributed by atoms with E-state index in [0.717, 1.165) is 30.4 Å². The minimum absolute atomic E-state index is 0.0797. The van der Waals surface area contributed by atoms with Crippen LogP contribution in [0.15, 0.2) is 53.7 Å². The van der Waals surface area contributed by atoms with Gasteiger partial charge in [0.05, 0.1) is 17.4 Å². The van der Waals surface area contributed by atoms with Gasteiger partial charge in [-0.1, -0.05) is 65.3 Å². The zero-order valence-electron chi connectivity index (χ0n) is 16.0. The highest BCUT2D eigenvalue weighted by atomic mass is 35.5. The molecule has 0 amide bonds. The summed E-state index contributed by atoms with van der Waals surface area (Å²) in [6, 6.07) is 14.4. The van der Waals surface area contributed by atoms with Crippen LogP contribution in [0.1, 0.15) is 29.5 Å². The van der Waals surface area contributed by atoms with Gasteiger partial charge in [-0.25, -0.2) is 0 Å². The van der Waals surface area contributed by atoms with E-state index in [2.05, 4.69) is 10.2 Å². The molecule has 2 aromatic carbocycles. The Kier molecular flexibility index (Phi) is 7.98. The molecular weight excluding hydrogens is 429 g/mol. The van der Waals surface area contributed by atoms with Crippen LogP contribution in [0.2, 0.25) is 10.0 Å². The Morgan fingerprint density at radius 2 is 1.93 bits per heavy atom. The minimum Gasteiger partial charge on any atom is -0.492 e. The first-order valence-electron chi connectivity index (χ1n) is 9.29. The van der Waals surface area contributed by atoms with E-state index in [9.17, 15) is 4.79 Å². The standard InChI is InChI=1S/C21H21Cl2N3O2S/c1-2-26-20(9-6-12-28-19-11-10-16(22)13-17(19)23)24-25-21(26)29-14-18(27)15-7-4-3-5-8-15/h3-5,7-8,10-11,13H,2,6,9,12,14H2,1H3. The summed E-state index contributed by atoms with van der Waals surface area (Å²) in [6.45, 7) is 3.29. The molecule has 5 nitrogen and oxygen atoms in total. The number of nitrogens with zero attached hydrogens (tertiary/aromatic N) is 3. The molecule has 0 aliphatic heterocycles. The second-order valence-electron chi connectivity index (χ2n) is 6.25. The predicted octanol–water partition coefficient (Wildman–Crippen LogP) is 5.59. The van der Waals surface area contributed by atoms with Gasteiger partial charge in [0, 0.05) is 23.6 Å². The molecule has 0 unspecified atom stereocenters. The van der Waals surface area contributed by atoms with E-state index in [0.29, 0.717) is 33.7 Å². The lowest BCUT2D eigenvalue weighted by atomic mass is 10.2. The zero-order chi connectivity index (χ0) is 20.6. The smallest absolute Gasteiger partial charge is 0.191 e. The number of halogens is 2. The number of hydrogen-bond donors (Lipinski definition) is 0. The first-order chi connectivity index (χ1) is 14.1. The Morgan fingerprint density at radius 3 is 2.66 bits per heavy atom. The fourth-order valence-corrected chi connectivity index (χ4v) is 4.15. The average Bonchev–Trinajstić information content (AvgIpc) is 3.13. The first-order valence-corrected chi connectivity index (χ1v) is 11.0. The zero-order valence-corrected chi connectivity index (χ0v) is 18.3. The van der Waals surface area contributed by atoms with Gasteiger partial charge in [0.15, 0.2) is 10.9 Å². The van der Waals surface area contributed by atoms with Gasteiger partial charge >= 0.3 is 0 Å². The van der Waals surface area contributed by atoms with Crippen LogP contribution < -0.4 is 4.74 Å². The van der Waals surface area contributed by atoms with Crippen molar-refractivity contribution in [1.82, 2.24) is 14.8 Å². The molecule has 0 aliphatic carbocycles. The second kappa shape index (κ2) is 10.7. The number of hydrogen-bond acceptors (Lipinski definition) is 5. The van der Waals surface area contributed by atoms with Gasteiger partial charge < -0.3 is 9.30 Å². The summed E-state index contributed by atoms with van der Waals surface area (Å²) < 4.78 is 7.76. The van der Waals surface area contributed by atoms with Gasteiger partial charge in [-0.05, 0) is 31.5 Å². The average molecular weight is 450 g/mol. The monoisotopic (exact) mass is 449 g/mol. The number of aryl methyl sites for hydroxylation is 1. The maximum Gasteiger partial charge on any atom is 0.191 e. The number of ether oxygens (including phenoxy) is 1. The fraction of sp³-hybridized carbons (Fsp3) is 0.286. The molecule has 1 heterocycles. The van der Waals surface area contributed by atoms with Crippen molar-refractivity contribution in [2.45, 2.75) is 31.5 Å². The lowest BCUT2D eigenvalue weighted by molar-refractivity contribution is 0.102. The van der Waals surface area contributed by atoms with E-state index in [1.165, 1.54) is 11.8 Å². The molecule has 0 saturated carbocycles. The van der Waals surface area contributed by atoms with E-state index in [4.69, 9.17) is 27.9 Å². The van der Waals surface area contributed by atoms with E-state index in [1.54, 1.807) is 18.2 Å². The largest absolute Gasteiger partial charge is 0.492 e. The van der Waals surface area contributed by atoms with Crippen LogP contribution in [0.4, 0.5) is 0 Å². The quantitative estimate of drug-likeness (QED) is 0.229. The Balaban J connectivity index is 1.51. The van der Waals surface area contributed by atoms with Gasteiger partial charge in [0.2, 0.25) is 0 Å². The normalized spacial score (nSPS) is 10.9. The molecule has 0 N–H and O–H groups in total. The number of carbonyl (C=O) groups excluding carboxylic acids is 1. The first kappa shape index (κ1) is 21.7. The maximum absolute atomic E-state index is 12.3. The molecule has 3 aromatic rings. The summed E-state index contributed by atoms with van der Waals surface area (Å²) in [4.78, 5) is 12.3. The second-order valence-corrected chi connectivity index (χ2v) is 8.03. The summed E-state index contributed by atoms with van der Waals surface area (Å²) in [5.41, 5.74) is 0.709. The summed E-state index contributed by atoms with van der Waals surface area (Å²) >= 11 is 13.4. The van der Waals surface area contributed by atoms with Crippen LogP contribution in [-0.4, -0.2) is 32.9 Å². The van der Waals surface area contributed by atoms with Crippen LogP contribution >= 0.6 is 35.0 Å². The van der Waals surface area contributed by atoms with Crippen molar-refractivity contribution in [3.63, 3.8) is 0 Å². The summed E-state index contributed by atoms with van der Waals surface area (Å²) in [7, 11) is 0. The van der Waals surface area contributed by atoms with Gasteiger partial charge in [-0.15, -0.1) is 10.2 Å². The molecular formula is C21H21Cl2N3O2S. The van der Waals surface area contributed by atoms with Crippen LogP contribution in [0, 0.1) is 0 Å². The van der Waals surface area contributed by atoms with Gasteiger partial charge in [-0.2, -0.15) is 0 Å². The number of rotatable bonds is 10. The van der Waals surface area contributed by atoms with E-state index in [1.807, 2.05) is 41.8 Å². The van der Waals surface area contributed by atoms with Crippen LogP contribution in [-0.2, 0) is 13.0 Å². The predicted molar refractivity (Wildman–Crippen MR) is 117 cm³/mol. The van der Waals surface area contributed by atoms with Crippen molar-refractivity contribution < 1.29 is 9.53 Å². The van der Waals surface area contributed by atoms with Crippen LogP contribution in [0.5, 0.6) is 5.75 Å². The molecule has 0 atom stereocenters. The number of ketones is 1. The van der Waals surface area contributed by atoms with Crippen LogP contribution in [0.3, 0.4) is 0 Å². The third-order valence-electron chi connectivity index (χ3n) is 4.23. The lowest BCUT2D eigenvalue weighted by Gasteiger charge is -2.09. The third-order valence-corrected chi connectivity index (χ3v) is 5.73. The molecule has 8 heteroatoms. The lowest BCUT2D eigenvalue weighted by Crippen LogP contribution is -2.08. The Labute approximate surface area is 184 Å². The highest BCUT2D eigenvalue weighted by molar-refractivity contribution is 7.99. The number of carbonyl (C=O) groups is 1. The number of thioether (sulfide) groups is 1. The van der Waals surface area contributed by atoms with Crippen LogP contribution in [0.25, 0.3) is 0 Å². The van der Waals surface area contributed by atoms with Crippen molar-refractivity contribution >= 4 is 40.7 Å². The van der Waals surface area contributed by atoms with Crippen molar-refractivity contribution in [2.75, 3.05) is 12.4 Å².